The summed E-state index contributed by atoms with van der Waals surface area (Å²) in [7, 11) is 0. The molecule has 2 rings (SSSR count). The molecule has 7 heteroatoms. The second-order valence-electron chi connectivity index (χ2n) is 3.33. The Morgan fingerprint density at radius 2 is 2.44 bits per heavy atom. The minimum absolute atomic E-state index is 0.143. The highest BCUT2D eigenvalue weighted by molar-refractivity contribution is 5.70. The minimum atomic E-state index is -2.61. The summed E-state index contributed by atoms with van der Waals surface area (Å²) in [6.07, 6.45) is -2.61. The van der Waals surface area contributed by atoms with Crippen molar-refractivity contribution in [2.75, 3.05) is 11.9 Å². The number of nitrogens with one attached hydrogen (secondary N) is 1. The molecule has 16 heavy (non-hydrogen) atoms. The zero-order valence-electron chi connectivity index (χ0n) is 8.67. The molecule has 0 aliphatic carbocycles. The Hall–Kier alpha value is -1.66. The van der Waals surface area contributed by atoms with E-state index in [-0.39, 0.29) is 18.8 Å². The molecule has 88 valence electrons. The molecule has 1 N–H and O–H groups in total. The van der Waals surface area contributed by atoms with E-state index in [1.165, 1.54) is 4.68 Å². The van der Waals surface area contributed by atoms with Crippen molar-refractivity contribution < 1.29 is 18.3 Å². The monoisotopic (exact) mass is 231 g/mol. The van der Waals surface area contributed by atoms with Gasteiger partial charge in [0.25, 0.3) is 6.43 Å². The fourth-order valence-electron chi connectivity index (χ4n) is 1.57. The Labute approximate surface area is 90.4 Å². The molecule has 2 heterocycles. The van der Waals surface area contributed by atoms with Crippen molar-refractivity contribution in [2.24, 2.45) is 0 Å². The molecule has 0 saturated carbocycles. The van der Waals surface area contributed by atoms with E-state index in [1.54, 1.807) is 6.92 Å². The molecule has 0 spiro atoms. The number of halogens is 2. The quantitative estimate of drug-likeness (QED) is 0.794. The van der Waals surface area contributed by atoms with Crippen LogP contribution in [0.15, 0.2) is 0 Å². The summed E-state index contributed by atoms with van der Waals surface area (Å²) < 4.78 is 31.0. The highest BCUT2D eigenvalue weighted by atomic mass is 19.3. The highest BCUT2D eigenvalue weighted by Crippen LogP contribution is 2.34. The smallest absolute Gasteiger partial charge is 0.327 e. The minimum Gasteiger partial charge on any atom is -0.465 e. The Balaban J connectivity index is 2.17. The van der Waals surface area contributed by atoms with Gasteiger partial charge < -0.3 is 10.1 Å². The zero-order chi connectivity index (χ0) is 11.7. The van der Waals surface area contributed by atoms with Gasteiger partial charge in [-0.3, -0.25) is 4.79 Å². The average Bonchev–Trinajstić information content (AvgIpc) is 2.37. The van der Waals surface area contributed by atoms with Crippen LogP contribution in [0.4, 0.5) is 14.6 Å². The van der Waals surface area contributed by atoms with E-state index in [1.807, 2.05) is 0 Å². The van der Waals surface area contributed by atoms with Crippen LogP contribution in [0.5, 0.6) is 0 Å². The van der Waals surface area contributed by atoms with Crippen LogP contribution in [-0.2, 0) is 22.6 Å². The van der Waals surface area contributed by atoms with Crippen LogP contribution in [0.25, 0.3) is 0 Å². The molecule has 0 aromatic carbocycles. The SMILES string of the molecule is CCOC(=O)Cn1nc(C(F)F)c2c1NC2. The largest absolute Gasteiger partial charge is 0.465 e. The lowest BCUT2D eigenvalue weighted by Crippen LogP contribution is -2.21. The molecule has 0 amide bonds. The number of esters is 1. The number of hydrogen-bond donors (Lipinski definition) is 1. The predicted octanol–water partition coefficient (Wildman–Crippen LogP) is 1.31. The number of carbonyl (C=O) groups excluding carboxylic acids is 1. The van der Waals surface area contributed by atoms with Crippen molar-refractivity contribution in [3.63, 3.8) is 0 Å². The van der Waals surface area contributed by atoms with E-state index in [9.17, 15) is 13.6 Å². The van der Waals surface area contributed by atoms with Gasteiger partial charge >= 0.3 is 5.97 Å². The molecule has 1 aliphatic rings. The summed E-state index contributed by atoms with van der Waals surface area (Å²) in [6.45, 7) is 2.17. The molecular formula is C9H11F2N3O2. The number of aromatic nitrogens is 2. The number of hydrogen-bond acceptors (Lipinski definition) is 4. The third-order valence-electron chi connectivity index (χ3n) is 2.31. The Bertz CT molecular complexity index is 417. The van der Waals surface area contributed by atoms with Gasteiger partial charge in [-0.15, -0.1) is 0 Å². The number of fused-ring (bicyclic) bond motifs is 1. The first-order valence-corrected chi connectivity index (χ1v) is 4.90. The normalized spacial score (nSPS) is 13.0. The summed E-state index contributed by atoms with van der Waals surface area (Å²) >= 11 is 0. The zero-order valence-corrected chi connectivity index (χ0v) is 8.67. The number of nitrogens with zero attached hydrogens (tertiary/aromatic N) is 2. The van der Waals surface area contributed by atoms with Crippen LogP contribution in [0.3, 0.4) is 0 Å². The molecule has 5 nitrogen and oxygen atoms in total. The molecule has 1 aromatic heterocycles. The molecular weight excluding hydrogens is 220 g/mol. The number of alkyl halides is 2. The molecule has 0 bridgehead atoms. The number of carbonyl (C=O) groups is 1. The van der Waals surface area contributed by atoms with E-state index in [0.29, 0.717) is 17.9 Å². The molecule has 0 radical (unpaired) electrons. The lowest BCUT2D eigenvalue weighted by molar-refractivity contribution is -0.144. The molecule has 0 fully saturated rings. The van der Waals surface area contributed by atoms with Crippen molar-refractivity contribution in [1.29, 1.82) is 0 Å². The van der Waals surface area contributed by atoms with E-state index in [2.05, 4.69) is 10.4 Å². The third-order valence-corrected chi connectivity index (χ3v) is 2.31. The first kappa shape index (κ1) is 10.8. The first-order chi connectivity index (χ1) is 7.63. The van der Waals surface area contributed by atoms with Crippen LogP contribution in [0.1, 0.15) is 24.6 Å². The van der Waals surface area contributed by atoms with Gasteiger partial charge in [0, 0.05) is 12.1 Å². The first-order valence-electron chi connectivity index (χ1n) is 4.90. The van der Waals surface area contributed by atoms with Crippen molar-refractivity contribution >= 4 is 11.8 Å². The standard InChI is InChI=1S/C9H11F2N3O2/c1-2-16-6(15)4-14-9-5(3-12-9)7(13-14)8(10)11/h8,12H,2-4H2,1H3. The number of ether oxygens (including phenoxy) is 1. The Morgan fingerprint density at radius 1 is 1.69 bits per heavy atom. The fraction of sp³-hybridized carbons (Fsp3) is 0.556. The predicted molar refractivity (Wildman–Crippen MR) is 51.1 cm³/mol. The average molecular weight is 231 g/mol. The molecule has 1 aromatic rings. The van der Waals surface area contributed by atoms with E-state index >= 15 is 0 Å². The number of rotatable bonds is 4. The van der Waals surface area contributed by atoms with Gasteiger partial charge in [-0.25, -0.2) is 13.5 Å². The second kappa shape index (κ2) is 4.07. The summed E-state index contributed by atoms with van der Waals surface area (Å²) in [5.74, 6) is 0.00525. The highest BCUT2D eigenvalue weighted by Gasteiger charge is 2.29. The van der Waals surface area contributed by atoms with Crippen LogP contribution < -0.4 is 5.32 Å². The van der Waals surface area contributed by atoms with Crippen molar-refractivity contribution in [3.8, 4) is 0 Å². The summed E-state index contributed by atoms with van der Waals surface area (Å²) in [4.78, 5) is 11.2. The van der Waals surface area contributed by atoms with Gasteiger partial charge in [0.2, 0.25) is 0 Å². The van der Waals surface area contributed by atoms with E-state index < -0.39 is 12.4 Å². The third kappa shape index (κ3) is 1.72. The van der Waals surface area contributed by atoms with Crippen molar-refractivity contribution in [2.45, 2.75) is 26.4 Å². The topological polar surface area (TPSA) is 56.2 Å². The maximum absolute atomic E-state index is 12.5. The fourth-order valence-corrected chi connectivity index (χ4v) is 1.57. The lowest BCUT2D eigenvalue weighted by Gasteiger charge is -2.18. The van der Waals surface area contributed by atoms with E-state index in [0.717, 1.165) is 0 Å². The molecule has 0 saturated heterocycles. The molecule has 0 unspecified atom stereocenters. The van der Waals surface area contributed by atoms with Crippen molar-refractivity contribution in [3.05, 3.63) is 11.3 Å². The van der Waals surface area contributed by atoms with Gasteiger partial charge in [0.05, 0.1) is 6.61 Å². The summed E-state index contributed by atoms with van der Waals surface area (Å²) in [6, 6.07) is 0. The molecule has 0 atom stereocenters. The van der Waals surface area contributed by atoms with E-state index in [4.69, 9.17) is 4.74 Å². The van der Waals surface area contributed by atoms with Gasteiger partial charge in [-0.1, -0.05) is 0 Å². The Kier molecular flexibility index (Phi) is 2.76. The lowest BCUT2D eigenvalue weighted by atomic mass is 10.1. The van der Waals surface area contributed by atoms with Crippen LogP contribution in [0, 0.1) is 0 Å². The number of anilines is 1. The van der Waals surface area contributed by atoms with Gasteiger partial charge in [0.1, 0.15) is 18.1 Å². The van der Waals surface area contributed by atoms with Gasteiger partial charge in [0.15, 0.2) is 0 Å². The van der Waals surface area contributed by atoms with Crippen LogP contribution in [0.2, 0.25) is 0 Å². The maximum Gasteiger partial charge on any atom is 0.327 e. The Morgan fingerprint density at radius 3 is 2.88 bits per heavy atom. The van der Waals surface area contributed by atoms with Gasteiger partial charge in [-0.05, 0) is 6.92 Å². The molecule has 1 aliphatic heterocycles. The maximum atomic E-state index is 12.5. The summed E-state index contributed by atoms with van der Waals surface area (Å²) in [5.41, 5.74) is 0.234. The van der Waals surface area contributed by atoms with Crippen molar-refractivity contribution in [1.82, 2.24) is 9.78 Å². The van der Waals surface area contributed by atoms with Crippen LogP contribution in [-0.4, -0.2) is 22.4 Å². The van der Waals surface area contributed by atoms with Gasteiger partial charge in [-0.2, -0.15) is 5.10 Å². The summed E-state index contributed by atoms with van der Waals surface area (Å²) in [5, 5.41) is 6.54. The second-order valence-corrected chi connectivity index (χ2v) is 3.33. The van der Waals surface area contributed by atoms with Crippen LogP contribution >= 0.6 is 0 Å².